The molecule has 0 heterocycles. The average molecular weight is 197 g/mol. The molecule has 1 aromatic carbocycles. The van der Waals surface area contributed by atoms with Crippen LogP contribution in [0.1, 0.15) is 12.0 Å². The van der Waals surface area contributed by atoms with E-state index in [9.17, 15) is 5.11 Å². The van der Waals surface area contributed by atoms with Crippen LogP contribution in [0.3, 0.4) is 0 Å². The summed E-state index contributed by atoms with van der Waals surface area (Å²) >= 11 is 0. The first kappa shape index (κ1) is 9.70. The van der Waals surface area contributed by atoms with Crippen LogP contribution in [0.2, 0.25) is 0 Å². The molecular weight excluding hydrogens is 186 g/mol. The SMILES string of the molecule is N#CC1=CCC(O)(c2ccccc2)C=C1. The summed E-state index contributed by atoms with van der Waals surface area (Å²) < 4.78 is 0. The van der Waals surface area contributed by atoms with E-state index in [1.54, 1.807) is 18.2 Å². The molecule has 0 saturated heterocycles. The number of benzene rings is 1. The number of rotatable bonds is 1. The molecule has 0 fully saturated rings. The topological polar surface area (TPSA) is 44.0 Å². The second kappa shape index (κ2) is 3.72. The largest absolute Gasteiger partial charge is 0.381 e. The van der Waals surface area contributed by atoms with Crippen LogP contribution in [0.15, 0.2) is 54.1 Å². The van der Waals surface area contributed by atoms with Crippen molar-refractivity contribution in [3.8, 4) is 6.07 Å². The summed E-state index contributed by atoms with van der Waals surface area (Å²) in [6.07, 6.45) is 5.56. The Balaban J connectivity index is 2.30. The number of aliphatic hydroxyl groups is 1. The fourth-order valence-electron chi connectivity index (χ4n) is 1.65. The molecule has 1 aliphatic rings. The molecule has 2 heteroatoms. The Hall–Kier alpha value is -1.85. The van der Waals surface area contributed by atoms with Gasteiger partial charge in [-0.2, -0.15) is 5.26 Å². The van der Waals surface area contributed by atoms with Crippen LogP contribution in [0.4, 0.5) is 0 Å². The fraction of sp³-hybridized carbons (Fsp3) is 0.154. The van der Waals surface area contributed by atoms with Gasteiger partial charge in [0, 0.05) is 12.0 Å². The molecule has 0 spiro atoms. The van der Waals surface area contributed by atoms with Crippen molar-refractivity contribution < 1.29 is 5.11 Å². The number of hydrogen-bond acceptors (Lipinski definition) is 2. The zero-order valence-electron chi connectivity index (χ0n) is 8.22. The van der Waals surface area contributed by atoms with Crippen LogP contribution in [0.5, 0.6) is 0 Å². The average Bonchev–Trinajstić information content (AvgIpc) is 2.31. The van der Waals surface area contributed by atoms with E-state index in [2.05, 4.69) is 6.07 Å². The summed E-state index contributed by atoms with van der Waals surface area (Å²) in [5.41, 5.74) is 0.506. The van der Waals surface area contributed by atoms with Gasteiger partial charge in [0.15, 0.2) is 0 Å². The van der Waals surface area contributed by atoms with Crippen molar-refractivity contribution in [2.45, 2.75) is 12.0 Å². The van der Waals surface area contributed by atoms with E-state index < -0.39 is 5.60 Å². The maximum absolute atomic E-state index is 10.3. The van der Waals surface area contributed by atoms with Crippen LogP contribution < -0.4 is 0 Å². The van der Waals surface area contributed by atoms with Crippen molar-refractivity contribution in [3.05, 3.63) is 59.7 Å². The second-order valence-corrected chi connectivity index (χ2v) is 3.60. The van der Waals surface area contributed by atoms with Crippen molar-refractivity contribution >= 4 is 0 Å². The normalized spacial score (nSPS) is 24.4. The maximum Gasteiger partial charge on any atom is 0.112 e. The van der Waals surface area contributed by atoms with Crippen molar-refractivity contribution in [1.82, 2.24) is 0 Å². The van der Waals surface area contributed by atoms with Crippen LogP contribution >= 0.6 is 0 Å². The maximum atomic E-state index is 10.3. The molecule has 0 radical (unpaired) electrons. The highest BCUT2D eigenvalue weighted by Crippen LogP contribution is 2.30. The van der Waals surface area contributed by atoms with E-state index in [1.807, 2.05) is 30.3 Å². The lowest BCUT2D eigenvalue weighted by Crippen LogP contribution is -2.23. The summed E-state index contributed by atoms with van der Waals surface area (Å²) in [6, 6.07) is 11.5. The van der Waals surface area contributed by atoms with Crippen molar-refractivity contribution in [2.24, 2.45) is 0 Å². The molecule has 1 aromatic rings. The summed E-state index contributed by atoms with van der Waals surface area (Å²) in [5.74, 6) is 0. The predicted molar refractivity (Wildman–Crippen MR) is 57.8 cm³/mol. The molecule has 0 aliphatic heterocycles. The lowest BCUT2D eigenvalue weighted by atomic mass is 9.86. The first-order chi connectivity index (χ1) is 7.24. The Morgan fingerprint density at radius 1 is 1.27 bits per heavy atom. The van der Waals surface area contributed by atoms with Gasteiger partial charge in [-0.15, -0.1) is 0 Å². The molecule has 74 valence electrons. The summed E-state index contributed by atoms with van der Waals surface area (Å²) in [5, 5.41) is 19.0. The number of allylic oxidation sites excluding steroid dienone is 2. The van der Waals surface area contributed by atoms with Gasteiger partial charge in [0.2, 0.25) is 0 Å². The Labute approximate surface area is 88.8 Å². The van der Waals surface area contributed by atoms with Gasteiger partial charge < -0.3 is 5.11 Å². The highest BCUT2D eigenvalue weighted by atomic mass is 16.3. The predicted octanol–water partition coefficient (Wildman–Crippen LogP) is 2.28. The molecule has 0 saturated carbocycles. The van der Waals surface area contributed by atoms with Gasteiger partial charge in [-0.05, 0) is 17.7 Å². The fourth-order valence-corrected chi connectivity index (χ4v) is 1.65. The van der Waals surface area contributed by atoms with Gasteiger partial charge >= 0.3 is 0 Å². The van der Waals surface area contributed by atoms with Crippen molar-refractivity contribution in [1.29, 1.82) is 5.26 Å². The van der Waals surface area contributed by atoms with Gasteiger partial charge in [-0.3, -0.25) is 0 Å². The third-order valence-corrected chi connectivity index (χ3v) is 2.57. The molecule has 2 rings (SSSR count). The van der Waals surface area contributed by atoms with E-state index >= 15 is 0 Å². The molecule has 1 N–H and O–H groups in total. The van der Waals surface area contributed by atoms with Gasteiger partial charge in [0.1, 0.15) is 5.60 Å². The Morgan fingerprint density at radius 2 is 2.00 bits per heavy atom. The standard InChI is InChI=1S/C13H11NO/c14-10-11-6-8-13(15,9-7-11)12-4-2-1-3-5-12/h1-8,15H,9H2. The molecule has 15 heavy (non-hydrogen) atoms. The summed E-state index contributed by atoms with van der Waals surface area (Å²) in [6.45, 7) is 0. The van der Waals surface area contributed by atoms with Crippen LogP contribution in [-0.4, -0.2) is 5.11 Å². The zero-order chi connectivity index (χ0) is 10.7. The van der Waals surface area contributed by atoms with Gasteiger partial charge in [-0.25, -0.2) is 0 Å². The lowest BCUT2D eigenvalue weighted by Gasteiger charge is -2.26. The number of nitrogens with zero attached hydrogens (tertiary/aromatic N) is 1. The van der Waals surface area contributed by atoms with E-state index in [0.717, 1.165) is 5.56 Å². The van der Waals surface area contributed by atoms with Crippen LogP contribution in [0, 0.1) is 11.3 Å². The van der Waals surface area contributed by atoms with Crippen molar-refractivity contribution in [3.63, 3.8) is 0 Å². The molecule has 0 bridgehead atoms. The highest BCUT2D eigenvalue weighted by molar-refractivity contribution is 5.41. The van der Waals surface area contributed by atoms with E-state index in [0.29, 0.717) is 12.0 Å². The second-order valence-electron chi connectivity index (χ2n) is 3.60. The Bertz CT molecular complexity index is 453. The van der Waals surface area contributed by atoms with E-state index in [4.69, 9.17) is 5.26 Å². The minimum absolute atomic E-state index is 0.455. The van der Waals surface area contributed by atoms with Gasteiger partial charge in [0.05, 0.1) is 6.07 Å². The van der Waals surface area contributed by atoms with Crippen LogP contribution in [0.25, 0.3) is 0 Å². The third kappa shape index (κ3) is 1.83. The Kier molecular flexibility index (Phi) is 2.40. The summed E-state index contributed by atoms with van der Waals surface area (Å²) in [4.78, 5) is 0. The van der Waals surface area contributed by atoms with Crippen LogP contribution in [-0.2, 0) is 5.60 Å². The monoisotopic (exact) mass is 197 g/mol. The molecule has 1 atom stereocenters. The quantitative estimate of drug-likeness (QED) is 0.750. The number of nitriles is 1. The van der Waals surface area contributed by atoms with E-state index in [-0.39, 0.29) is 0 Å². The van der Waals surface area contributed by atoms with E-state index in [1.165, 1.54) is 0 Å². The molecule has 0 amide bonds. The summed E-state index contributed by atoms with van der Waals surface area (Å²) in [7, 11) is 0. The molecule has 0 aromatic heterocycles. The zero-order valence-corrected chi connectivity index (χ0v) is 8.22. The smallest absolute Gasteiger partial charge is 0.112 e. The lowest BCUT2D eigenvalue weighted by molar-refractivity contribution is 0.0913. The van der Waals surface area contributed by atoms with Gasteiger partial charge in [0.25, 0.3) is 0 Å². The minimum atomic E-state index is -0.957. The van der Waals surface area contributed by atoms with Gasteiger partial charge in [-0.1, -0.05) is 36.4 Å². The first-order valence-corrected chi connectivity index (χ1v) is 4.82. The highest BCUT2D eigenvalue weighted by Gasteiger charge is 2.26. The molecule has 2 nitrogen and oxygen atoms in total. The minimum Gasteiger partial charge on any atom is -0.381 e. The first-order valence-electron chi connectivity index (χ1n) is 4.82. The molecular formula is C13H11NO. The Morgan fingerprint density at radius 3 is 2.53 bits per heavy atom. The molecule has 1 aliphatic carbocycles. The number of hydrogen-bond donors (Lipinski definition) is 1. The van der Waals surface area contributed by atoms with Crippen molar-refractivity contribution in [2.75, 3.05) is 0 Å². The molecule has 1 unspecified atom stereocenters. The third-order valence-electron chi connectivity index (χ3n) is 2.57.